The number of benzene rings is 2. The lowest BCUT2D eigenvalue weighted by atomic mass is 10.1. The molecule has 0 bridgehead atoms. The predicted molar refractivity (Wildman–Crippen MR) is 99.3 cm³/mol. The summed E-state index contributed by atoms with van der Waals surface area (Å²) in [5, 5.41) is 14.4. The zero-order chi connectivity index (χ0) is 20.1. The molecule has 0 radical (unpaired) electrons. The van der Waals surface area contributed by atoms with Crippen molar-refractivity contribution in [2.45, 2.75) is 13.0 Å². The van der Waals surface area contributed by atoms with Gasteiger partial charge in [-0.2, -0.15) is 0 Å². The van der Waals surface area contributed by atoms with Crippen LogP contribution in [0.1, 0.15) is 24.1 Å². The van der Waals surface area contributed by atoms with Crippen molar-refractivity contribution in [3.8, 4) is 11.5 Å². The summed E-state index contributed by atoms with van der Waals surface area (Å²) in [5.41, 5.74) is 0.900. The number of rotatable bonds is 6. The number of aliphatic carboxylic acids is 1. The van der Waals surface area contributed by atoms with Gasteiger partial charge in [-0.15, -0.1) is 0 Å². The summed E-state index contributed by atoms with van der Waals surface area (Å²) in [5.74, 6) is -1.32. The average molecular weight is 382 g/mol. The monoisotopic (exact) mass is 382 g/mol. The molecule has 28 heavy (non-hydrogen) atoms. The van der Waals surface area contributed by atoms with Gasteiger partial charge in [0.25, 0.3) is 5.91 Å². The fourth-order valence-corrected chi connectivity index (χ4v) is 2.66. The molecule has 8 heteroatoms. The average Bonchev–Trinajstić information content (AvgIpc) is 3.13. The third-order valence-corrected chi connectivity index (χ3v) is 3.92. The van der Waals surface area contributed by atoms with Crippen LogP contribution in [0.25, 0.3) is 6.08 Å². The number of carbonyl (C=O) groups excluding carboxylic acids is 2. The molecule has 8 nitrogen and oxygen atoms in total. The number of hydrogen-bond donors (Lipinski definition) is 3. The molecule has 0 unspecified atom stereocenters. The van der Waals surface area contributed by atoms with Crippen molar-refractivity contribution >= 4 is 23.9 Å². The van der Waals surface area contributed by atoms with Crippen LogP contribution in [-0.4, -0.2) is 29.7 Å². The minimum Gasteiger partial charge on any atom is -0.479 e. The summed E-state index contributed by atoms with van der Waals surface area (Å²) < 4.78 is 10.5. The molecule has 0 saturated carbocycles. The molecule has 1 atom stereocenters. The van der Waals surface area contributed by atoms with Crippen molar-refractivity contribution in [2.24, 2.45) is 0 Å². The van der Waals surface area contributed by atoms with Gasteiger partial charge in [-0.3, -0.25) is 9.59 Å². The van der Waals surface area contributed by atoms with Crippen molar-refractivity contribution < 1.29 is 29.0 Å². The number of hydrogen-bond acceptors (Lipinski definition) is 5. The highest BCUT2D eigenvalue weighted by molar-refractivity contribution is 6.02. The van der Waals surface area contributed by atoms with Gasteiger partial charge in [-0.05, 0) is 29.3 Å². The molecule has 1 aliphatic heterocycles. The molecular formula is C20H18N2O6. The van der Waals surface area contributed by atoms with Gasteiger partial charge in [0, 0.05) is 6.92 Å². The molecule has 0 fully saturated rings. The van der Waals surface area contributed by atoms with Gasteiger partial charge in [0.1, 0.15) is 5.70 Å². The first-order chi connectivity index (χ1) is 13.4. The van der Waals surface area contributed by atoms with E-state index in [-0.39, 0.29) is 12.5 Å². The van der Waals surface area contributed by atoms with E-state index in [9.17, 15) is 19.5 Å². The Kier molecular flexibility index (Phi) is 5.59. The van der Waals surface area contributed by atoms with Crippen molar-refractivity contribution in [2.75, 3.05) is 6.79 Å². The highest BCUT2D eigenvalue weighted by Crippen LogP contribution is 2.33. The van der Waals surface area contributed by atoms with Crippen LogP contribution in [0.15, 0.2) is 54.2 Å². The Labute approximate surface area is 160 Å². The van der Waals surface area contributed by atoms with E-state index in [1.807, 2.05) is 0 Å². The van der Waals surface area contributed by atoms with Crippen molar-refractivity contribution in [1.82, 2.24) is 10.6 Å². The Morgan fingerprint density at radius 3 is 2.46 bits per heavy atom. The van der Waals surface area contributed by atoms with Crippen LogP contribution < -0.4 is 20.1 Å². The molecule has 1 heterocycles. The minimum atomic E-state index is -1.26. The summed E-state index contributed by atoms with van der Waals surface area (Å²) in [7, 11) is 0. The van der Waals surface area contributed by atoms with E-state index in [1.165, 1.54) is 13.0 Å². The Hall–Kier alpha value is -3.81. The maximum Gasteiger partial charge on any atom is 0.330 e. The second kappa shape index (κ2) is 8.26. The zero-order valence-corrected chi connectivity index (χ0v) is 15.0. The largest absolute Gasteiger partial charge is 0.479 e. The van der Waals surface area contributed by atoms with Crippen LogP contribution in [-0.2, 0) is 14.4 Å². The first-order valence-electron chi connectivity index (χ1n) is 8.41. The minimum absolute atomic E-state index is 0.0893. The molecular weight excluding hydrogens is 364 g/mol. The third kappa shape index (κ3) is 4.47. The Bertz CT molecular complexity index is 939. The maximum absolute atomic E-state index is 12.7. The van der Waals surface area contributed by atoms with Crippen LogP contribution in [0.5, 0.6) is 11.5 Å². The highest BCUT2D eigenvalue weighted by Gasteiger charge is 2.24. The fraction of sp³-hybridized carbons (Fsp3) is 0.150. The second-order valence-electron chi connectivity index (χ2n) is 6.01. The third-order valence-electron chi connectivity index (χ3n) is 3.92. The van der Waals surface area contributed by atoms with Crippen molar-refractivity contribution in [3.63, 3.8) is 0 Å². The van der Waals surface area contributed by atoms with E-state index in [0.29, 0.717) is 22.6 Å². The lowest BCUT2D eigenvalue weighted by Gasteiger charge is -2.16. The number of fused-ring (bicyclic) bond motifs is 1. The van der Waals surface area contributed by atoms with E-state index < -0.39 is 23.8 Å². The molecule has 2 aromatic rings. The van der Waals surface area contributed by atoms with Gasteiger partial charge in [0.15, 0.2) is 17.5 Å². The first-order valence-corrected chi connectivity index (χ1v) is 8.41. The van der Waals surface area contributed by atoms with Gasteiger partial charge < -0.3 is 25.2 Å². The van der Waals surface area contributed by atoms with E-state index in [4.69, 9.17) is 9.47 Å². The van der Waals surface area contributed by atoms with Crippen LogP contribution in [0.4, 0.5) is 0 Å². The fourth-order valence-electron chi connectivity index (χ4n) is 2.66. The summed E-state index contributed by atoms with van der Waals surface area (Å²) in [4.78, 5) is 35.8. The number of nitrogens with one attached hydrogen (secondary N) is 2. The van der Waals surface area contributed by atoms with Crippen LogP contribution in [0, 0.1) is 0 Å². The molecule has 2 amide bonds. The van der Waals surface area contributed by atoms with E-state index >= 15 is 0 Å². The summed E-state index contributed by atoms with van der Waals surface area (Å²) in [6.07, 6.45) is 1.43. The summed E-state index contributed by atoms with van der Waals surface area (Å²) in [6.45, 7) is 1.37. The van der Waals surface area contributed by atoms with Crippen LogP contribution >= 0.6 is 0 Å². The van der Waals surface area contributed by atoms with E-state index in [1.54, 1.807) is 48.5 Å². The van der Waals surface area contributed by atoms with Gasteiger partial charge in [-0.25, -0.2) is 4.79 Å². The SMILES string of the molecule is CC(=O)N/C(=C/c1ccc2c(c1)OCO2)C(=O)N[C@H](C(=O)O)c1ccccc1. The number of amides is 2. The van der Waals surface area contributed by atoms with E-state index in [2.05, 4.69) is 10.6 Å². The maximum atomic E-state index is 12.7. The molecule has 1 aliphatic rings. The lowest BCUT2D eigenvalue weighted by Crippen LogP contribution is -2.39. The number of ether oxygens (including phenoxy) is 2. The molecule has 3 rings (SSSR count). The smallest absolute Gasteiger partial charge is 0.330 e. The second-order valence-corrected chi connectivity index (χ2v) is 6.01. The van der Waals surface area contributed by atoms with E-state index in [0.717, 1.165) is 0 Å². The van der Waals surface area contributed by atoms with Gasteiger partial charge in [-0.1, -0.05) is 36.4 Å². The Morgan fingerprint density at radius 2 is 1.79 bits per heavy atom. The van der Waals surface area contributed by atoms with Crippen molar-refractivity contribution in [1.29, 1.82) is 0 Å². The van der Waals surface area contributed by atoms with Gasteiger partial charge in [0.2, 0.25) is 12.7 Å². The number of carbonyl (C=O) groups is 3. The van der Waals surface area contributed by atoms with Crippen LogP contribution in [0.3, 0.4) is 0 Å². The quantitative estimate of drug-likeness (QED) is 0.657. The standard InChI is InChI=1S/C20H18N2O6/c1-12(23)21-15(9-13-7-8-16-17(10-13)28-11-27-16)19(24)22-18(20(25)26)14-5-3-2-4-6-14/h2-10,18H,11H2,1H3,(H,21,23)(H,22,24)(H,25,26)/b15-9+/t18-/m0/s1. The molecule has 0 aliphatic carbocycles. The lowest BCUT2D eigenvalue weighted by molar-refractivity contribution is -0.141. The first kappa shape index (κ1) is 19.0. The molecule has 0 saturated heterocycles. The van der Waals surface area contributed by atoms with Gasteiger partial charge >= 0.3 is 5.97 Å². The predicted octanol–water partition coefficient (Wildman–Crippen LogP) is 1.83. The molecule has 0 spiro atoms. The van der Waals surface area contributed by atoms with Crippen molar-refractivity contribution in [3.05, 3.63) is 65.4 Å². The van der Waals surface area contributed by atoms with Crippen LogP contribution in [0.2, 0.25) is 0 Å². The molecule has 2 aromatic carbocycles. The highest BCUT2D eigenvalue weighted by atomic mass is 16.7. The summed E-state index contributed by atoms with van der Waals surface area (Å²) in [6, 6.07) is 12.1. The molecule has 0 aromatic heterocycles. The molecule has 3 N–H and O–H groups in total. The zero-order valence-electron chi connectivity index (χ0n) is 15.0. The summed E-state index contributed by atoms with van der Waals surface area (Å²) >= 11 is 0. The number of carboxylic acids is 1. The normalized spacial score (nSPS) is 13.5. The topological polar surface area (TPSA) is 114 Å². The number of carboxylic acid groups (broad SMARTS) is 1. The Balaban J connectivity index is 1.87. The molecule has 144 valence electrons. The Morgan fingerprint density at radius 1 is 1.07 bits per heavy atom. The van der Waals surface area contributed by atoms with Gasteiger partial charge in [0.05, 0.1) is 0 Å².